The molecule has 122 valence electrons. The van der Waals surface area contributed by atoms with Gasteiger partial charge in [0.05, 0.1) is 14.2 Å². The van der Waals surface area contributed by atoms with Gasteiger partial charge in [-0.05, 0) is 37.1 Å². The molecule has 4 heteroatoms. The molecule has 0 saturated heterocycles. The van der Waals surface area contributed by atoms with Crippen LogP contribution < -0.4 is 14.2 Å². The molecule has 0 unspecified atom stereocenters. The third kappa shape index (κ3) is 3.83. The average Bonchev–Trinajstić information content (AvgIpc) is 2.58. The van der Waals surface area contributed by atoms with Crippen molar-refractivity contribution in [3.8, 4) is 17.2 Å². The summed E-state index contributed by atoms with van der Waals surface area (Å²) < 4.78 is 16.5. The Morgan fingerprint density at radius 3 is 2.35 bits per heavy atom. The van der Waals surface area contributed by atoms with Crippen LogP contribution in [0.15, 0.2) is 36.4 Å². The van der Waals surface area contributed by atoms with E-state index >= 15 is 0 Å². The highest BCUT2D eigenvalue weighted by Gasteiger charge is 2.12. The van der Waals surface area contributed by atoms with Crippen molar-refractivity contribution in [3.63, 3.8) is 0 Å². The van der Waals surface area contributed by atoms with Crippen LogP contribution in [0.4, 0.5) is 0 Å². The summed E-state index contributed by atoms with van der Waals surface area (Å²) in [6, 6.07) is 11.3. The maximum atomic E-state index is 11.7. The van der Waals surface area contributed by atoms with Crippen LogP contribution in [0.5, 0.6) is 17.2 Å². The molecule has 4 nitrogen and oxygen atoms in total. The Balaban J connectivity index is 2.21. The van der Waals surface area contributed by atoms with Crippen LogP contribution in [0.25, 0.3) is 0 Å². The number of rotatable bonds is 7. The quantitative estimate of drug-likeness (QED) is 0.723. The van der Waals surface area contributed by atoms with E-state index in [0.29, 0.717) is 18.1 Å². The van der Waals surface area contributed by atoms with E-state index < -0.39 is 0 Å². The fourth-order valence-corrected chi connectivity index (χ4v) is 2.53. The molecule has 0 amide bonds. The lowest BCUT2D eigenvalue weighted by atomic mass is 10.0. The van der Waals surface area contributed by atoms with Crippen molar-refractivity contribution in [3.05, 3.63) is 53.1 Å². The minimum atomic E-state index is 0.0541. The van der Waals surface area contributed by atoms with Crippen LogP contribution >= 0.6 is 0 Å². The first kappa shape index (κ1) is 16.9. The van der Waals surface area contributed by atoms with Crippen molar-refractivity contribution in [2.24, 2.45) is 0 Å². The Labute approximate surface area is 137 Å². The van der Waals surface area contributed by atoms with E-state index in [1.807, 2.05) is 43.3 Å². The van der Waals surface area contributed by atoms with Crippen LogP contribution in [0.1, 0.15) is 35.3 Å². The van der Waals surface area contributed by atoms with Gasteiger partial charge in [0.1, 0.15) is 12.4 Å². The highest BCUT2D eigenvalue weighted by Crippen LogP contribution is 2.29. The van der Waals surface area contributed by atoms with Gasteiger partial charge in [0.15, 0.2) is 17.3 Å². The smallest absolute Gasteiger partial charge is 0.161 e. The molecule has 0 bridgehead atoms. The van der Waals surface area contributed by atoms with E-state index in [4.69, 9.17) is 14.2 Å². The number of ketones is 1. The van der Waals surface area contributed by atoms with Crippen LogP contribution in [-0.2, 0) is 13.0 Å². The molecule has 0 fully saturated rings. The molecule has 0 aliphatic carbocycles. The van der Waals surface area contributed by atoms with Crippen molar-refractivity contribution in [1.82, 2.24) is 0 Å². The average molecular weight is 314 g/mol. The number of ether oxygens (including phenoxy) is 3. The van der Waals surface area contributed by atoms with Gasteiger partial charge in [-0.15, -0.1) is 0 Å². The molecular weight excluding hydrogens is 292 g/mol. The van der Waals surface area contributed by atoms with Crippen molar-refractivity contribution >= 4 is 5.78 Å². The largest absolute Gasteiger partial charge is 0.493 e. The maximum Gasteiger partial charge on any atom is 0.161 e. The van der Waals surface area contributed by atoms with E-state index in [-0.39, 0.29) is 5.78 Å². The number of carbonyl (C=O) groups excluding carboxylic acids is 1. The van der Waals surface area contributed by atoms with Gasteiger partial charge in [0, 0.05) is 11.1 Å². The van der Waals surface area contributed by atoms with Crippen LogP contribution in [-0.4, -0.2) is 20.0 Å². The van der Waals surface area contributed by atoms with Crippen molar-refractivity contribution in [2.75, 3.05) is 14.2 Å². The molecule has 2 aromatic rings. The molecule has 0 N–H and O–H groups in total. The summed E-state index contributed by atoms with van der Waals surface area (Å²) in [6.07, 6.45) is 0.747. The first-order chi connectivity index (χ1) is 11.1. The van der Waals surface area contributed by atoms with Crippen LogP contribution in [0.2, 0.25) is 0 Å². The summed E-state index contributed by atoms with van der Waals surface area (Å²) in [7, 11) is 3.21. The molecule has 2 rings (SSSR count). The topological polar surface area (TPSA) is 44.8 Å². The van der Waals surface area contributed by atoms with E-state index in [9.17, 15) is 4.79 Å². The first-order valence-electron chi connectivity index (χ1n) is 7.57. The number of hydrogen-bond donors (Lipinski definition) is 0. The number of hydrogen-bond acceptors (Lipinski definition) is 4. The molecule has 0 heterocycles. The Morgan fingerprint density at radius 2 is 1.74 bits per heavy atom. The zero-order chi connectivity index (χ0) is 16.8. The number of carbonyl (C=O) groups is 1. The summed E-state index contributed by atoms with van der Waals surface area (Å²) in [5.41, 5.74) is 2.63. The molecule has 23 heavy (non-hydrogen) atoms. The fraction of sp³-hybridized carbons (Fsp3) is 0.316. The van der Waals surface area contributed by atoms with E-state index in [2.05, 4.69) is 0 Å². The summed E-state index contributed by atoms with van der Waals surface area (Å²) in [5, 5.41) is 0. The highest BCUT2D eigenvalue weighted by molar-refractivity contribution is 5.96. The van der Waals surface area contributed by atoms with Gasteiger partial charge in [-0.1, -0.05) is 25.1 Å². The Morgan fingerprint density at radius 1 is 1.00 bits per heavy atom. The first-order valence-corrected chi connectivity index (χ1v) is 7.57. The predicted molar refractivity (Wildman–Crippen MR) is 89.7 cm³/mol. The van der Waals surface area contributed by atoms with E-state index in [0.717, 1.165) is 28.9 Å². The second kappa shape index (κ2) is 7.68. The van der Waals surface area contributed by atoms with Crippen LogP contribution in [0, 0.1) is 0 Å². The standard InChI is InChI=1S/C19H22O4/c1-5-15-16(13(2)20)7-6-8-17(15)23-12-14-9-10-18(21-3)19(11-14)22-4/h6-11H,5,12H2,1-4H3. The fourth-order valence-electron chi connectivity index (χ4n) is 2.53. The van der Waals surface area contributed by atoms with Crippen molar-refractivity contribution in [2.45, 2.75) is 26.9 Å². The lowest BCUT2D eigenvalue weighted by Crippen LogP contribution is -2.04. The molecule has 0 aromatic heterocycles. The second-order valence-electron chi connectivity index (χ2n) is 5.17. The van der Waals surface area contributed by atoms with Gasteiger partial charge < -0.3 is 14.2 Å². The number of benzene rings is 2. The predicted octanol–water partition coefficient (Wildman–Crippen LogP) is 4.05. The second-order valence-corrected chi connectivity index (χ2v) is 5.17. The molecule has 0 aliphatic heterocycles. The van der Waals surface area contributed by atoms with Gasteiger partial charge in [0.2, 0.25) is 0 Å². The van der Waals surface area contributed by atoms with Gasteiger partial charge >= 0.3 is 0 Å². The summed E-state index contributed by atoms with van der Waals surface area (Å²) >= 11 is 0. The third-order valence-electron chi connectivity index (χ3n) is 3.71. The Kier molecular flexibility index (Phi) is 5.63. The zero-order valence-corrected chi connectivity index (χ0v) is 14.0. The Bertz CT molecular complexity index is 692. The van der Waals surface area contributed by atoms with E-state index in [1.54, 1.807) is 21.1 Å². The number of methoxy groups -OCH3 is 2. The third-order valence-corrected chi connectivity index (χ3v) is 3.71. The summed E-state index contributed by atoms with van der Waals surface area (Å²) in [5.74, 6) is 2.15. The van der Waals surface area contributed by atoms with Crippen molar-refractivity contribution < 1.29 is 19.0 Å². The van der Waals surface area contributed by atoms with Gasteiger partial charge in [-0.25, -0.2) is 0 Å². The Hall–Kier alpha value is -2.49. The van der Waals surface area contributed by atoms with Gasteiger partial charge in [0.25, 0.3) is 0 Å². The molecule has 0 atom stereocenters. The van der Waals surface area contributed by atoms with Crippen molar-refractivity contribution in [1.29, 1.82) is 0 Å². The van der Waals surface area contributed by atoms with Crippen LogP contribution in [0.3, 0.4) is 0 Å². The molecule has 0 spiro atoms. The van der Waals surface area contributed by atoms with Gasteiger partial charge in [-0.2, -0.15) is 0 Å². The molecule has 0 saturated carbocycles. The normalized spacial score (nSPS) is 10.3. The summed E-state index contributed by atoms with van der Waals surface area (Å²) in [4.78, 5) is 11.7. The molecule has 0 aliphatic rings. The molecular formula is C19H22O4. The minimum absolute atomic E-state index is 0.0541. The van der Waals surface area contributed by atoms with E-state index in [1.165, 1.54) is 0 Å². The lowest BCUT2D eigenvalue weighted by Gasteiger charge is -2.14. The SMILES string of the molecule is CCc1c(OCc2ccc(OC)c(OC)c2)cccc1C(C)=O. The van der Waals surface area contributed by atoms with Gasteiger partial charge in [-0.3, -0.25) is 4.79 Å². The lowest BCUT2D eigenvalue weighted by molar-refractivity contribution is 0.101. The minimum Gasteiger partial charge on any atom is -0.493 e. The molecule has 0 radical (unpaired) electrons. The highest BCUT2D eigenvalue weighted by atomic mass is 16.5. The monoisotopic (exact) mass is 314 g/mol. The number of Topliss-reactive ketones (excluding diaryl/α,β-unsaturated/α-hetero) is 1. The zero-order valence-electron chi connectivity index (χ0n) is 14.0. The summed E-state index contributed by atoms with van der Waals surface area (Å²) in [6.45, 7) is 3.99. The maximum absolute atomic E-state index is 11.7. The molecule has 2 aromatic carbocycles.